The molecular weight excluding hydrogens is 385 g/mol. The molecule has 0 amide bonds. The Bertz CT molecular complexity index is 599. The van der Waals surface area contributed by atoms with E-state index in [-0.39, 0.29) is 10.6 Å². The van der Waals surface area contributed by atoms with Gasteiger partial charge in [0.05, 0.1) is 0 Å². The van der Waals surface area contributed by atoms with E-state index in [9.17, 15) is 13.2 Å². The molecule has 0 bridgehead atoms. The van der Waals surface area contributed by atoms with E-state index >= 15 is 0 Å². The Morgan fingerprint density at radius 2 is 1.58 bits per heavy atom. The summed E-state index contributed by atoms with van der Waals surface area (Å²) in [6.07, 6.45) is 0.344. The molecule has 2 rings (SSSR count). The number of halogens is 5. The van der Waals surface area contributed by atoms with Gasteiger partial charge in [-0.15, -0.1) is 0 Å². The lowest BCUT2D eigenvalue weighted by molar-refractivity contribution is 0.571. The van der Waals surface area contributed by atoms with Crippen LogP contribution in [0.2, 0.25) is 0 Å². The first-order chi connectivity index (χ1) is 8.97. The fraction of sp³-hybridized carbons (Fsp3) is 0.143. The highest BCUT2D eigenvalue weighted by Gasteiger charge is 2.15. The minimum absolute atomic E-state index is 0.192. The van der Waals surface area contributed by atoms with Gasteiger partial charge >= 0.3 is 0 Å². The maximum absolute atomic E-state index is 13.6. The number of alkyl halides is 1. The lowest BCUT2D eigenvalue weighted by Gasteiger charge is -2.13. The normalized spacial score (nSPS) is 12.5. The zero-order chi connectivity index (χ0) is 14.0. The van der Waals surface area contributed by atoms with Gasteiger partial charge in [0.2, 0.25) is 0 Å². The number of hydrogen-bond acceptors (Lipinski definition) is 0. The van der Waals surface area contributed by atoms with E-state index in [2.05, 4.69) is 31.9 Å². The first kappa shape index (κ1) is 14.6. The van der Waals surface area contributed by atoms with Gasteiger partial charge in [0.1, 0.15) is 17.5 Å². The van der Waals surface area contributed by atoms with Gasteiger partial charge in [-0.2, -0.15) is 0 Å². The minimum Gasteiger partial charge on any atom is -0.207 e. The summed E-state index contributed by atoms with van der Waals surface area (Å²) < 4.78 is 40.0. The van der Waals surface area contributed by atoms with Crippen molar-refractivity contribution in [2.45, 2.75) is 11.2 Å². The van der Waals surface area contributed by atoms with Crippen molar-refractivity contribution in [1.82, 2.24) is 0 Å². The molecule has 5 heteroatoms. The summed E-state index contributed by atoms with van der Waals surface area (Å²) in [5.41, 5.74) is 1.21. The summed E-state index contributed by atoms with van der Waals surface area (Å²) in [4.78, 5) is -0.192. The summed E-state index contributed by atoms with van der Waals surface area (Å²) in [7, 11) is 0. The Balaban J connectivity index is 2.23. The maximum Gasteiger partial charge on any atom is 0.129 e. The summed E-state index contributed by atoms with van der Waals surface area (Å²) in [6, 6.07) is 7.81. The molecule has 2 aromatic rings. The van der Waals surface area contributed by atoms with Crippen LogP contribution in [0.5, 0.6) is 0 Å². The number of hydrogen-bond donors (Lipinski definition) is 0. The summed E-state index contributed by atoms with van der Waals surface area (Å²) in [5.74, 6) is -1.53. The molecule has 0 aliphatic heterocycles. The van der Waals surface area contributed by atoms with Crippen LogP contribution in [0.3, 0.4) is 0 Å². The third-order valence-corrected chi connectivity index (χ3v) is 4.22. The van der Waals surface area contributed by atoms with Gasteiger partial charge in [0.15, 0.2) is 0 Å². The van der Waals surface area contributed by atoms with Crippen LogP contribution in [0.15, 0.2) is 40.9 Å². The highest BCUT2D eigenvalue weighted by molar-refractivity contribution is 9.11. The predicted molar refractivity (Wildman–Crippen MR) is 75.8 cm³/mol. The molecule has 0 saturated heterocycles. The van der Waals surface area contributed by atoms with Gasteiger partial charge < -0.3 is 0 Å². The van der Waals surface area contributed by atoms with Gasteiger partial charge in [0.25, 0.3) is 0 Å². The molecule has 0 radical (unpaired) electrons. The van der Waals surface area contributed by atoms with Crippen molar-refractivity contribution in [3.05, 3.63) is 69.4 Å². The van der Waals surface area contributed by atoms with Crippen LogP contribution >= 0.6 is 31.9 Å². The van der Waals surface area contributed by atoms with Crippen LogP contribution in [-0.4, -0.2) is 0 Å². The van der Waals surface area contributed by atoms with E-state index < -0.39 is 11.6 Å². The average molecular weight is 394 g/mol. The van der Waals surface area contributed by atoms with E-state index in [1.54, 1.807) is 6.07 Å². The fourth-order valence-electron chi connectivity index (χ4n) is 1.75. The smallest absolute Gasteiger partial charge is 0.129 e. The second-order valence-corrected chi connectivity index (χ2v) is 6.03. The lowest BCUT2D eigenvalue weighted by atomic mass is 10.0. The predicted octanol–water partition coefficient (Wildman–Crippen LogP) is 5.55. The van der Waals surface area contributed by atoms with Crippen LogP contribution < -0.4 is 0 Å². The quantitative estimate of drug-likeness (QED) is 0.600. The molecule has 0 aliphatic rings. The van der Waals surface area contributed by atoms with Crippen molar-refractivity contribution < 1.29 is 13.2 Å². The minimum atomic E-state index is -0.602. The van der Waals surface area contributed by atoms with Crippen molar-refractivity contribution in [2.75, 3.05) is 0 Å². The SMILES string of the molecule is Fc1ccc(CC(Br)c2ccc(F)cc2Br)c(F)c1. The van der Waals surface area contributed by atoms with Crippen molar-refractivity contribution >= 4 is 31.9 Å². The van der Waals surface area contributed by atoms with Crippen molar-refractivity contribution in [3.8, 4) is 0 Å². The highest BCUT2D eigenvalue weighted by Crippen LogP contribution is 2.33. The van der Waals surface area contributed by atoms with Gasteiger partial charge in [0, 0.05) is 15.4 Å². The molecular formula is C14H9Br2F3. The highest BCUT2D eigenvalue weighted by atomic mass is 79.9. The van der Waals surface area contributed by atoms with Gasteiger partial charge in [-0.25, -0.2) is 13.2 Å². The second kappa shape index (κ2) is 6.09. The van der Waals surface area contributed by atoms with Crippen LogP contribution in [0.4, 0.5) is 13.2 Å². The summed E-state index contributed by atoms with van der Waals surface area (Å²) in [5, 5.41) is 0. The van der Waals surface area contributed by atoms with E-state index in [1.165, 1.54) is 24.3 Å². The zero-order valence-corrected chi connectivity index (χ0v) is 12.8. The van der Waals surface area contributed by atoms with E-state index in [0.717, 1.165) is 11.6 Å². The molecule has 0 saturated carbocycles. The lowest BCUT2D eigenvalue weighted by Crippen LogP contribution is -2.00. The van der Waals surface area contributed by atoms with Crippen molar-refractivity contribution in [3.63, 3.8) is 0 Å². The molecule has 1 atom stereocenters. The Morgan fingerprint density at radius 3 is 2.21 bits per heavy atom. The van der Waals surface area contributed by atoms with Crippen LogP contribution in [0.25, 0.3) is 0 Å². The van der Waals surface area contributed by atoms with Crippen molar-refractivity contribution in [1.29, 1.82) is 0 Å². The Labute approximate surface area is 125 Å². The van der Waals surface area contributed by atoms with Gasteiger partial charge in [-0.1, -0.05) is 44.0 Å². The standard InChI is InChI=1S/C14H9Br2F3/c15-12(11-4-3-9(17)6-13(11)16)5-8-1-2-10(18)7-14(8)19/h1-4,6-7,12H,5H2. The monoisotopic (exact) mass is 392 g/mol. The van der Waals surface area contributed by atoms with Crippen LogP contribution in [0.1, 0.15) is 16.0 Å². The first-order valence-electron chi connectivity index (χ1n) is 5.50. The molecule has 19 heavy (non-hydrogen) atoms. The molecule has 0 heterocycles. The average Bonchev–Trinajstić information content (AvgIpc) is 2.32. The number of benzene rings is 2. The fourth-order valence-corrected chi connectivity index (χ4v) is 3.43. The van der Waals surface area contributed by atoms with E-state index in [1.807, 2.05) is 0 Å². The molecule has 0 aliphatic carbocycles. The van der Waals surface area contributed by atoms with E-state index in [4.69, 9.17) is 0 Å². The first-order valence-corrected chi connectivity index (χ1v) is 7.21. The van der Waals surface area contributed by atoms with Crippen molar-refractivity contribution in [2.24, 2.45) is 0 Å². The van der Waals surface area contributed by atoms with E-state index in [0.29, 0.717) is 16.5 Å². The Hall–Kier alpha value is -0.810. The third-order valence-electron chi connectivity index (χ3n) is 2.71. The molecule has 100 valence electrons. The zero-order valence-electron chi connectivity index (χ0n) is 9.64. The molecule has 0 N–H and O–H groups in total. The Morgan fingerprint density at radius 1 is 0.947 bits per heavy atom. The molecule has 0 spiro atoms. The van der Waals surface area contributed by atoms with Gasteiger partial charge in [-0.05, 0) is 35.7 Å². The maximum atomic E-state index is 13.6. The van der Waals surface area contributed by atoms with Gasteiger partial charge in [-0.3, -0.25) is 0 Å². The molecule has 0 aromatic heterocycles. The molecule has 0 fully saturated rings. The Kier molecular flexibility index (Phi) is 4.68. The molecule has 1 unspecified atom stereocenters. The number of rotatable bonds is 3. The summed E-state index contributed by atoms with van der Waals surface area (Å²) >= 11 is 6.71. The second-order valence-electron chi connectivity index (χ2n) is 4.07. The van der Waals surface area contributed by atoms with Crippen LogP contribution in [0, 0.1) is 17.5 Å². The topological polar surface area (TPSA) is 0 Å². The third kappa shape index (κ3) is 3.60. The molecule has 0 nitrogen and oxygen atoms in total. The van der Waals surface area contributed by atoms with Crippen LogP contribution in [-0.2, 0) is 6.42 Å². The molecule has 2 aromatic carbocycles. The largest absolute Gasteiger partial charge is 0.207 e. The summed E-state index contributed by atoms with van der Waals surface area (Å²) in [6.45, 7) is 0.